The number of aromatic nitrogens is 3. The third-order valence-corrected chi connectivity index (χ3v) is 6.69. The van der Waals surface area contributed by atoms with Crippen LogP contribution in [0.4, 0.5) is 5.69 Å². The van der Waals surface area contributed by atoms with Crippen LogP contribution in [0.3, 0.4) is 0 Å². The Bertz CT molecular complexity index is 1290. The maximum absolute atomic E-state index is 11.9. The number of carbonyl (C=O) groups is 1. The molecule has 0 spiro atoms. The normalized spacial score (nSPS) is 16.9. The Morgan fingerprint density at radius 1 is 1.27 bits per heavy atom. The Labute approximate surface area is 176 Å². The highest BCUT2D eigenvalue weighted by Crippen LogP contribution is 2.39. The van der Waals surface area contributed by atoms with E-state index in [2.05, 4.69) is 27.0 Å². The van der Waals surface area contributed by atoms with Gasteiger partial charge in [-0.25, -0.2) is 9.97 Å². The van der Waals surface area contributed by atoms with Crippen LogP contribution in [-0.2, 0) is 11.3 Å². The SMILES string of the molecule is NC(=O)[C@@H](Nc1cc2c3c(c1)nc(-c1ccc4ncsc4c1)n3CCCO2)C1CC1. The molecule has 1 aliphatic carbocycles. The van der Waals surface area contributed by atoms with E-state index in [4.69, 9.17) is 15.5 Å². The average Bonchev–Trinajstić information content (AvgIpc) is 3.40. The number of hydrogen-bond donors (Lipinski definition) is 2. The van der Waals surface area contributed by atoms with Gasteiger partial charge in [0.1, 0.15) is 23.1 Å². The highest BCUT2D eigenvalue weighted by atomic mass is 32.1. The van der Waals surface area contributed by atoms with Gasteiger partial charge in [0.2, 0.25) is 5.91 Å². The van der Waals surface area contributed by atoms with Crippen LogP contribution in [0.25, 0.3) is 32.6 Å². The number of fused-ring (bicyclic) bond motifs is 1. The van der Waals surface area contributed by atoms with Crippen LogP contribution < -0.4 is 15.8 Å². The number of aryl methyl sites for hydroxylation is 1. The van der Waals surface area contributed by atoms with Crippen molar-refractivity contribution >= 4 is 44.2 Å². The van der Waals surface area contributed by atoms with Crippen molar-refractivity contribution in [3.63, 3.8) is 0 Å². The van der Waals surface area contributed by atoms with Crippen molar-refractivity contribution in [2.45, 2.75) is 31.8 Å². The number of carbonyl (C=O) groups excluding carboxylic acids is 1. The summed E-state index contributed by atoms with van der Waals surface area (Å²) in [6.45, 7) is 1.49. The lowest BCUT2D eigenvalue weighted by Crippen LogP contribution is -2.37. The first kappa shape index (κ1) is 17.7. The fraction of sp³-hybridized carbons (Fsp3) is 0.318. The summed E-state index contributed by atoms with van der Waals surface area (Å²) in [7, 11) is 0. The van der Waals surface area contributed by atoms with E-state index < -0.39 is 0 Å². The number of nitrogens with one attached hydrogen (secondary N) is 1. The van der Waals surface area contributed by atoms with Crippen LogP contribution >= 0.6 is 11.3 Å². The number of amides is 1. The number of hydrogen-bond acceptors (Lipinski definition) is 6. The molecule has 2 aliphatic rings. The zero-order chi connectivity index (χ0) is 20.2. The van der Waals surface area contributed by atoms with Gasteiger partial charge >= 0.3 is 0 Å². The summed E-state index contributed by atoms with van der Waals surface area (Å²) in [5.41, 5.74) is 12.2. The molecule has 1 atom stereocenters. The highest BCUT2D eigenvalue weighted by molar-refractivity contribution is 7.16. The molecule has 0 bridgehead atoms. The molecule has 1 amide bonds. The lowest BCUT2D eigenvalue weighted by atomic mass is 10.1. The zero-order valence-corrected chi connectivity index (χ0v) is 17.1. The molecule has 1 saturated carbocycles. The molecule has 7 nitrogen and oxygen atoms in total. The summed E-state index contributed by atoms with van der Waals surface area (Å²) in [6.07, 6.45) is 2.97. The minimum absolute atomic E-state index is 0.312. The molecule has 1 fully saturated rings. The van der Waals surface area contributed by atoms with Gasteiger partial charge < -0.3 is 20.4 Å². The van der Waals surface area contributed by atoms with Gasteiger partial charge in [-0.05, 0) is 49.4 Å². The van der Waals surface area contributed by atoms with Crippen LogP contribution in [0.1, 0.15) is 19.3 Å². The van der Waals surface area contributed by atoms with Gasteiger partial charge in [-0.1, -0.05) is 0 Å². The predicted octanol–water partition coefficient (Wildman–Crippen LogP) is 3.77. The van der Waals surface area contributed by atoms with E-state index in [-0.39, 0.29) is 11.9 Å². The zero-order valence-electron chi connectivity index (χ0n) is 16.3. The maximum Gasteiger partial charge on any atom is 0.240 e. The van der Waals surface area contributed by atoms with Crippen LogP contribution in [0.5, 0.6) is 5.75 Å². The predicted molar refractivity (Wildman–Crippen MR) is 118 cm³/mol. The molecule has 3 N–H and O–H groups in total. The number of nitrogens with two attached hydrogens (primary N) is 1. The average molecular weight is 420 g/mol. The maximum atomic E-state index is 11.9. The Morgan fingerprint density at radius 2 is 2.17 bits per heavy atom. The summed E-state index contributed by atoms with van der Waals surface area (Å²) in [4.78, 5) is 21.3. The number of anilines is 1. The van der Waals surface area contributed by atoms with Crippen molar-refractivity contribution in [2.75, 3.05) is 11.9 Å². The molecule has 6 rings (SSSR count). The second-order valence-corrected chi connectivity index (χ2v) is 8.91. The number of imidazole rings is 1. The minimum Gasteiger partial charge on any atom is -0.491 e. The molecule has 2 aromatic carbocycles. The summed E-state index contributed by atoms with van der Waals surface area (Å²) in [6, 6.07) is 9.89. The number of ether oxygens (including phenoxy) is 1. The first-order valence-electron chi connectivity index (χ1n) is 10.2. The summed E-state index contributed by atoms with van der Waals surface area (Å²) < 4.78 is 9.45. The topological polar surface area (TPSA) is 95.1 Å². The van der Waals surface area contributed by atoms with E-state index in [0.29, 0.717) is 12.5 Å². The Morgan fingerprint density at radius 3 is 3.00 bits per heavy atom. The van der Waals surface area contributed by atoms with Crippen molar-refractivity contribution in [3.8, 4) is 17.1 Å². The number of thiazole rings is 1. The van der Waals surface area contributed by atoms with E-state index >= 15 is 0 Å². The number of rotatable bonds is 5. The molecule has 3 heterocycles. The number of primary amides is 1. The number of benzene rings is 2. The Hall–Kier alpha value is -3.13. The summed E-state index contributed by atoms with van der Waals surface area (Å²) in [5.74, 6) is 1.73. The van der Waals surface area contributed by atoms with Gasteiger partial charge in [0.05, 0.1) is 27.9 Å². The molecule has 4 aromatic rings. The van der Waals surface area contributed by atoms with Crippen molar-refractivity contribution in [1.82, 2.24) is 14.5 Å². The van der Waals surface area contributed by atoms with E-state index in [1.165, 1.54) is 0 Å². The molecule has 0 radical (unpaired) electrons. The second-order valence-electron chi connectivity index (χ2n) is 8.03. The Balaban J connectivity index is 1.48. The van der Waals surface area contributed by atoms with Gasteiger partial charge in [-0.3, -0.25) is 4.79 Å². The molecule has 2 aromatic heterocycles. The van der Waals surface area contributed by atoms with Crippen molar-refractivity contribution in [1.29, 1.82) is 0 Å². The molecular formula is C22H21N5O2S. The fourth-order valence-corrected chi connectivity index (χ4v) is 5.01. The quantitative estimate of drug-likeness (QED) is 0.513. The van der Waals surface area contributed by atoms with E-state index in [1.54, 1.807) is 11.3 Å². The van der Waals surface area contributed by atoms with Gasteiger partial charge in [-0.2, -0.15) is 0 Å². The van der Waals surface area contributed by atoms with Gasteiger partial charge in [-0.15, -0.1) is 11.3 Å². The van der Waals surface area contributed by atoms with Crippen molar-refractivity contribution < 1.29 is 9.53 Å². The van der Waals surface area contributed by atoms with E-state index in [9.17, 15) is 4.79 Å². The van der Waals surface area contributed by atoms with Crippen molar-refractivity contribution in [2.24, 2.45) is 11.7 Å². The Kier molecular flexibility index (Phi) is 3.95. The first-order chi connectivity index (χ1) is 14.7. The first-order valence-corrected chi connectivity index (χ1v) is 11.1. The van der Waals surface area contributed by atoms with E-state index in [0.717, 1.165) is 69.9 Å². The summed E-state index contributed by atoms with van der Waals surface area (Å²) in [5, 5.41) is 3.33. The van der Waals surface area contributed by atoms with E-state index in [1.807, 2.05) is 23.7 Å². The third-order valence-electron chi connectivity index (χ3n) is 5.90. The standard InChI is InChI=1S/C22H21N5O2S/c23-21(28)19(12-2-3-12)25-14-9-16-20-17(10-14)29-7-1-6-27(20)22(26-16)13-4-5-15-18(8-13)30-11-24-15/h4-5,8-12,19,25H,1-3,6-7H2,(H2,23,28)/t19-/m0/s1. The lowest BCUT2D eigenvalue weighted by molar-refractivity contribution is -0.119. The molecule has 8 heteroatoms. The molecule has 0 saturated heterocycles. The molecule has 1 aliphatic heterocycles. The van der Waals surface area contributed by atoms with Crippen molar-refractivity contribution in [3.05, 3.63) is 35.8 Å². The van der Waals surface area contributed by atoms with Crippen LogP contribution in [0.15, 0.2) is 35.8 Å². The van der Waals surface area contributed by atoms with Crippen LogP contribution in [-0.4, -0.2) is 33.1 Å². The molecule has 0 unspecified atom stereocenters. The van der Waals surface area contributed by atoms with Gasteiger partial charge in [0, 0.05) is 23.9 Å². The fourth-order valence-electron chi connectivity index (χ4n) is 4.29. The van der Waals surface area contributed by atoms with Gasteiger partial charge in [0.25, 0.3) is 0 Å². The van der Waals surface area contributed by atoms with Crippen LogP contribution in [0.2, 0.25) is 0 Å². The van der Waals surface area contributed by atoms with Gasteiger partial charge in [0.15, 0.2) is 0 Å². The third kappa shape index (κ3) is 2.90. The second kappa shape index (κ2) is 6.70. The molecule has 152 valence electrons. The van der Waals surface area contributed by atoms with Crippen LogP contribution in [0, 0.1) is 5.92 Å². The number of nitrogens with zero attached hydrogens (tertiary/aromatic N) is 3. The summed E-state index contributed by atoms with van der Waals surface area (Å²) >= 11 is 1.63. The minimum atomic E-state index is -0.351. The lowest BCUT2D eigenvalue weighted by Gasteiger charge is -2.17. The monoisotopic (exact) mass is 419 g/mol. The molecular weight excluding hydrogens is 398 g/mol. The largest absolute Gasteiger partial charge is 0.491 e. The highest BCUT2D eigenvalue weighted by Gasteiger charge is 2.35. The smallest absolute Gasteiger partial charge is 0.240 e. The molecule has 30 heavy (non-hydrogen) atoms.